The van der Waals surface area contributed by atoms with E-state index >= 15 is 0 Å². The number of rotatable bonds is 7. The summed E-state index contributed by atoms with van der Waals surface area (Å²) in [5, 5.41) is 19.1. The maximum absolute atomic E-state index is 13.0. The van der Waals surface area contributed by atoms with Gasteiger partial charge in [0.1, 0.15) is 23.7 Å². The van der Waals surface area contributed by atoms with Crippen molar-refractivity contribution in [3.8, 4) is 22.6 Å². The topological polar surface area (TPSA) is 87.1 Å². The minimum Gasteiger partial charge on any atom is -0.506 e. The maximum atomic E-state index is 13.0. The van der Waals surface area contributed by atoms with Crippen molar-refractivity contribution < 1.29 is 37.7 Å². The van der Waals surface area contributed by atoms with Crippen molar-refractivity contribution in [1.82, 2.24) is 4.90 Å². The summed E-state index contributed by atoms with van der Waals surface area (Å²) in [6.45, 7) is -0.346. The van der Waals surface area contributed by atoms with Gasteiger partial charge in [0.05, 0.1) is 12.0 Å². The number of hydrogen-bond acceptors (Lipinski definition) is 4. The van der Waals surface area contributed by atoms with Crippen LogP contribution in [0.4, 0.5) is 13.2 Å². The van der Waals surface area contributed by atoms with Gasteiger partial charge in [-0.1, -0.05) is 42.5 Å². The Morgan fingerprint density at radius 1 is 0.912 bits per heavy atom. The van der Waals surface area contributed by atoms with Crippen LogP contribution in [-0.4, -0.2) is 41.1 Å². The molecule has 34 heavy (non-hydrogen) atoms. The van der Waals surface area contributed by atoms with Crippen molar-refractivity contribution >= 4 is 11.9 Å². The van der Waals surface area contributed by atoms with E-state index in [4.69, 9.17) is 4.74 Å². The van der Waals surface area contributed by atoms with Crippen LogP contribution in [0.15, 0.2) is 60.7 Å². The second kappa shape index (κ2) is 9.86. The van der Waals surface area contributed by atoms with Crippen LogP contribution < -0.4 is 4.74 Å². The smallest absolute Gasteiger partial charge is 0.419 e. The van der Waals surface area contributed by atoms with E-state index in [1.54, 1.807) is 38.4 Å². The first-order valence-electron chi connectivity index (χ1n) is 10.1. The van der Waals surface area contributed by atoms with Crippen LogP contribution in [0.5, 0.6) is 11.5 Å². The Morgan fingerprint density at radius 3 is 1.97 bits per heavy atom. The highest BCUT2D eigenvalue weighted by molar-refractivity contribution is 5.93. The SMILES string of the molecule is CN(C)C(=O)Cc1ccc(-c2ccc(OCc3ccc(C(F)(F)F)c(O)c3C(=O)O)cc2)cc1. The number of carbonyl (C=O) groups is 2. The monoisotopic (exact) mass is 473 g/mol. The van der Waals surface area contributed by atoms with Crippen LogP contribution in [0.3, 0.4) is 0 Å². The van der Waals surface area contributed by atoms with Gasteiger partial charge in [-0.3, -0.25) is 4.79 Å². The highest BCUT2D eigenvalue weighted by atomic mass is 19.4. The molecule has 0 saturated heterocycles. The van der Waals surface area contributed by atoms with Gasteiger partial charge in [-0.2, -0.15) is 13.2 Å². The van der Waals surface area contributed by atoms with Crippen molar-refractivity contribution in [3.05, 3.63) is 82.9 Å². The molecule has 0 atom stereocenters. The van der Waals surface area contributed by atoms with E-state index in [0.717, 1.165) is 22.8 Å². The quantitative estimate of drug-likeness (QED) is 0.505. The van der Waals surface area contributed by atoms with Gasteiger partial charge in [-0.15, -0.1) is 0 Å². The molecule has 0 aliphatic heterocycles. The summed E-state index contributed by atoms with van der Waals surface area (Å²) in [5.74, 6) is -2.66. The van der Waals surface area contributed by atoms with E-state index in [0.29, 0.717) is 18.2 Å². The lowest BCUT2D eigenvalue weighted by molar-refractivity contribution is -0.138. The van der Waals surface area contributed by atoms with Crippen molar-refractivity contribution in [1.29, 1.82) is 0 Å². The number of carbonyl (C=O) groups excluding carboxylic acids is 1. The van der Waals surface area contributed by atoms with Crippen molar-refractivity contribution in [2.75, 3.05) is 14.1 Å². The predicted molar refractivity (Wildman–Crippen MR) is 119 cm³/mol. The number of alkyl halides is 3. The van der Waals surface area contributed by atoms with E-state index < -0.39 is 29.0 Å². The highest BCUT2D eigenvalue weighted by Gasteiger charge is 2.36. The lowest BCUT2D eigenvalue weighted by atomic mass is 10.0. The van der Waals surface area contributed by atoms with Crippen LogP contribution in [0.2, 0.25) is 0 Å². The van der Waals surface area contributed by atoms with Crippen molar-refractivity contribution in [2.24, 2.45) is 0 Å². The average molecular weight is 473 g/mol. The molecule has 9 heteroatoms. The van der Waals surface area contributed by atoms with Crippen molar-refractivity contribution in [3.63, 3.8) is 0 Å². The van der Waals surface area contributed by atoms with Crippen LogP contribution in [0.1, 0.15) is 27.0 Å². The Kier molecular flexibility index (Phi) is 7.14. The number of halogens is 3. The zero-order valence-corrected chi connectivity index (χ0v) is 18.4. The molecule has 3 rings (SSSR count). The molecule has 3 aromatic rings. The van der Waals surface area contributed by atoms with Crippen LogP contribution in [-0.2, 0) is 24.0 Å². The van der Waals surface area contributed by atoms with E-state index in [2.05, 4.69) is 0 Å². The number of carboxylic acid groups (broad SMARTS) is 1. The molecule has 6 nitrogen and oxygen atoms in total. The molecule has 178 valence electrons. The largest absolute Gasteiger partial charge is 0.506 e. The lowest BCUT2D eigenvalue weighted by Crippen LogP contribution is -2.23. The third-order valence-corrected chi connectivity index (χ3v) is 5.17. The number of aromatic hydroxyl groups is 1. The zero-order chi connectivity index (χ0) is 25.0. The summed E-state index contributed by atoms with van der Waals surface area (Å²) < 4.78 is 44.4. The van der Waals surface area contributed by atoms with E-state index in [1.165, 1.54) is 4.90 Å². The van der Waals surface area contributed by atoms with E-state index in [1.807, 2.05) is 24.3 Å². The number of phenols is 1. The average Bonchev–Trinajstić information content (AvgIpc) is 2.77. The number of amides is 1. The summed E-state index contributed by atoms with van der Waals surface area (Å²) in [6.07, 6.45) is -4.58. The van der Waals surface area contributed by atoms with Gasteiger partial charge in [0, 0.05) is 19.7 Å². The Bertz CT molecular complexity index is 1190. The molecule has 2 N–H and O–H groups in total. The number of hydrogen-bond donors (Lipinski definition) is 2. The summed E-state index contributed by atoms with van der Waals surface area (Å²) in [4.78, 5) is 24.8. The van der Waals surface area contributed by atoms with E-state index in [9.17, 15) is 33.0 Å². The fraction of sp³-hybridized carbons (Fsp3) is 0.200. The van der Waals surface area contributed by atoms with Gasteiger partial charge in [-0.25, -0.2) is 4.79 Å². The standard InChI is InChI=1S/C25H22F3NO5/c1-29(2)21(30)13-15-3-5-16(6-4-15)17-7-10-19(11-8-17)34-14-18-9-12-20(25(26,27)28)23(31)22(18)24(32)33/h3-12,31H,13-14H2,1-2H3,(H,32,33). The highest BCUT2D eigenvalue weighted by Crippen LogP contribution is 2.39. The number of nitrogens with zero attached hydrogens (tertiary/aromatic N) is 1. The molecule has 0 fully saturated rings. The first-order valence-corrected chi connectivity index (χ1v) is 10.1. The second-order valence-electron chi connectivity index (χ2n) is 7.77. The van der Waals surface area contributed by atoms with Crippen LogP contribution in [0.25, 0.3) is 11.1 Å². The van der Waals surface area contributed by atoms with Gasteiger partial charge in [0.15, 0.2) is 0 Å². The minimum atomic E-state index is -4.89. The number of carboxylic acids is 1. The minimum absolute atomic E-state index is 0.00155. The molecule has 0 bridgehead atoms. The number of aromatic carboxylic acids is 1. The molecule has 3 aromatic carbocycles. The zero-order valence-electron chi connectivity index (χ0n) is 18.4. The summed E-state index contributed by atoms with van der Waals surface area (Å²) in [7, 11) is 3.40. The van der Waals surface area contributed by atoms with Crippen LogP contribution in [0, 0.1) is 0 Å². The number of likely N-dealkylation sites (N-methyl/N-ethyl adjacent to an activating group) is 1. The summed E-state index contributed by atoms with van der Waals surface area (Å²) in [5.41, 5.74) is 0.306. The van der Waals surface area contributed by atoms with Gasteiger partial charge in [0.2, 0.25) is 5.91 Å². The molecule has 0 unspecified atom stereocenters. The third kappa shape index (κ3) is 5.67. The molecule has 0 saturated carbocycles. The fourth-order valence-corrected chi connectivity index (χ4v) is 3.27. The third-order valence-electron chi connectivity index (χ3n) is 5.17. The first-order chi connectivity index (χ1) is 16.0. The Balaban J connectivity index is 1.72. The number of ether oxygens (including phenoxy) is 1. The molecule has 1 amide bonds. The lowest BCUT2D eigenvalue weighted by Gasteiger charge is -2.15. The van der Waals surface area contributed by atoms with Crippen LogP contribution >= 0.6 is 0 Å². The van der Waals surface area contributed by atoms with Gasteiger partial charge >= 0.3 is 12.1 Å². The van der Waals surface area contributed by atoms with Gasteiger partial charge in [-0.05, 0) is 34.9 Å². The Labute approximate surface area is 193 Å². The first kappa shape index (κ1) is 24.6. The molecule has 0 heterocycles. The number of benzene rings is 3. The normalized spacial score (nSPS) is 11.2. The Morgan fingerprint density at radius 2 is 1.47 bits per heavy atom. The van der Waals surface area contributed by atoms with E-state index in [-0.39, 0.29) is 18.1 Å². The second-order valence-corrected chi connectivity index (χ2v) is 7.77. The summed E-state index contributed by atoms with van der Waals surface area (Å²) in [6, 6.07) is 15.9. The maximum Gasteiger partial charge on any atom is 0.419 e. The molecule has 0 aromatic heterocycles. The van der Waals surface area contributed by atoms with Gasteiger partial charge in [0.25, 0.3) is 0 Å². The molecular weight excluding hydrogens is 451 g/mol. The molecule has 0 radical (unpaired) electrons. The van der Waals surface area contributed by atoms with Crippen molar-refractivity contribution in [2.45, 2.75) is 19.2 Å². The molecule has 0 aliphatic carbocycles. The predicted octanol–water partition coefficient (Wildman–Crippen LogP) is 4.99. The fourth-order valence-electron chi connectivity index (χ4n) is 3.27. The molecular formula is C25H22F3NO5. The molecule has 0 aliphatic rings. The van der Waals surface area contributed by atoms with Gasteiger partial charge < -0.3 is 19.8 Å². The molecule has 0 spiro atoms. The Hall–Kier alpha value is -4.01. The summed E-state index contributed by atoms with van der Waals surface area (Å²) >= 11 is 0.